The minimum absolute atomic E-state index is 0.0316. The van der Waals surface area contributed by atoms with Gasteiger partial charge in [0.25, 0.3) is 0 Å². The van der Waals surface area contributed by atoms with Crippen molar-refractivity contribution in [2.45, 2.75) is 91.2 Å². The van der Waals surface area contributed by atoms with Crippen LogP contribution in [0.3, 0.4) is 0 Å². The van der Waals surface area contributed by atoms with Crippen molar-refractivity contribution in [1.29, 1.82) is 0 Å². The van der Waals surface area contributed by atoms with E-state index in [1.54, 1.807) is 0 Å². The van der Waals surface area contributed by atoms with E-state index in [9.17, 15) is 14.4 Å². The molecule has 2 aliphatic heterocycles. The van der Waals surface area contributed by atoms with Gasteiger partial charge in [0.2, 0.25) is 0 Å². The van der Waals surface area contributed by atoms with Crippen molar-refractivity contribution in [2.75, 3.05) is 26.3 Å². The smallest absolute Gasteiger partial charge is 0.335 e. The van der Waals surface area contributed by atoms with Crippen molar-refractivity contribution in [3.05, 3.63) is 59.7 Å². The second-order valence-corrected chi connectivity index (χ2v) is 13.9. The van der Waals surface area contributed by atoms with E-state index < -0.39 is 5.41 Å². The number of piperidine rings is 1. The van der Waals surface area contributed by atoms with Crippen LogP contribution in [0.1, 0.15) is 78.2 Å². The highest BCUT2D eigenvalue weighted by atomic mass is 16.6. The lowest BCUT2D eigenvalue weighted by molar-refractivity contribution is -0.192. The van der Waals surface area contributed by atoms with E-state index in [0.717, 1.165) is 63.6 Å². The van der Waals surface area contributed by atoms with Crippen LogP contribution in [-0.2, 0) is 35.0 Å². The Morgan fingerprint density at radius 2 is 1.79 bits per heavy atom. The molecule has 5 rings (SSSR count). The van der Waals surface area contributed by atoms with E-state index >= 15 is 0 Å². The van der Waals surface area contributed by atoms with Crippen molar-refractivity contribution >= 4 is 17.9 Å². The van der Waals surface area contributed by atoms with E-state index in [2.05, 4.69) is 55.7 Å². The molecule has 3 fully saturated rings. The molecular weight excluding hydrogens is 542 g/mol. The number of rotatable bonds is 9. The van der Waals surface area contributed by atoms with Gasteiger partial charge in [-0.3, -0.25) is 14.5 Å². The molecule has 0 spiro atoms. The summed E-state index contributed by atoms with van der Waals surface area (Å²) in [5.41, 5.74) is 2.75. The fourth-order valence-electron chi connectivity index (χ4n) is 9.01. The molecule has 2 heterocycles. The molecule has 0 amide bonds. The Hall–Kier alpha value is -2.93. The van der Waals surface area contributed by atoms with Gasteiger partial charge in [0, 0.05) is 25.3 Å². The van der Waals surface area contributed by atoms with E-state index in [1.165, 1.54) is 25.0 Å². The average molecular weight is 592 g/mol. The molecule has 1 aromatic rings. The number of allylic oxidation sites excluding steroid dienone is 1. The summed E-state index contributed by atoms with van der Waals surface area (Å²) in [6.07, 6.45) is 9.11. The number of fused-ring (bicyclic) bond motifs is 1. The standard InChI is InChI=1S/C36H49NO6/c1-24-11-12-32-35(4,17-13-33(43-26(3)39)36(32,5)23-42-25(2)38)30(24)22-31(29-16-20-41-34(29)40)37-18-14-28(15-19-37)21-27-9-7-6-8-10-27/h6-10,16,28,30-33H,1,11-15,17-23H2,2-5H3/t30-,31?,32?,33-,35+,36+/m1/s1. The van der Waals surface area contributed by atoms with Gasteiger partial charge in [0.1, 0.15) is 19.3 Å². The third kappa shape index (κ3) is 6.62. The fraction of sp³-hybridized carbons (Fsp3) is 0.639. The SMILES string of the molecule is C=C1CCC2[C@](C)(COC(C)=O)[C@H](OC(C)=O)CC[C@@]2(C)[C@@H]1CC(C1=CCOC1=O)N1CCC(Cc2ccccc2)CC1. The van der Waals surface area contributed by atoms with Crippen LogP contribution in [0.5, 0.6) is 0 Å². The lowest BCUT2D eigenvalue weighted by Crippen LogP contribution is -2.59. The molecule has 1 saturated heterocycles. The number of hydrogen-bond acceptors (Lipinski definition) is 7. The number of cyclic esters (lactones) is 1. The summed E-state index contributed by atoms with van der Waals surface area (Å²) < 4.78 is 17.0. The molecule has 43 heavy (non-hydrogen) atoms. The molecule has 1 aromatic carbocycles. The first-order chi connectivity index (χ1) is 20.5. The van der Waals surface area contributed by atoms with Gasteiger partial charge in [0.15, 0.2) is 0 Å². The summed E-state index contributed by atoms with van der Waals surface area (Å²) in [4.78, 5) is 39.6. The minimum atomic E-state index is -0.514. The zero-order valence-corrected chi connectivity index (χ0v) is 26.4. The lowest BCUT2D eigenvalue weighted by atomic mass is 9.45. The van der Waals surface area contributed by atoms with Gasteiger partial charge < -0.3 is 14.2 Å². The number of nitrogens with zero attached hydrogens (tertiary/aromatic N) is 1. The molecule has 0 aromatic heterocycles. The number of esters is 3. The maximum atomic E-state index is 13.0. The van der Waals surface area contributed by atoms with Crippen molar-refractivity contribution in [3.8, 4) is 0 Å². The highest BCUT2D eigenvalue weighted by molar-refractivity contribution is 5.91. The Morgan fingerprint density at radius 1 is 1.07 bits per heavy atom. The summed E-state index contributed by atoms with van der Waals surface area (Å²) in [7, 11) is 0. The maximum absolute atomic E-state index is 13.0. The predicted octanol–water partition coefficient (Wildman–Crippen LogP) is 6.07. The van der Waals surface area contributed by atoms with Crippen LogP contribution in [0.2, 0.25) is 0 Å². The average Bonchev–Trinajstić information content (AvgIpc) is 3.40. The summed E-state index contributed by atoms with van der Waals surface area (Å²) in [6, 6.07) is 10.7. The molecule has 2 saturated carbocycles. The summed E-state index contributed by atoms with van der Waals surface area (Å²) in [5.74, 6) is 0.139. The normalized spacial score (nSPS) is 32.4. The molecule has 2 aliphatic carbocycles. The van der Waals surface area contributed by atoms with Crippen LogP contribution in [-0.4, -0.2) is 61.3 Å². The summed E-state index contributed by atoms with van der Waals surface area (Å²) in [5, 5.41) is 0. The fourth-order valence-corrected chi connectivity index (χ4v) is 9.01. The van der Waals surface area contributed by atoms with E-state index in [4.69, 9.17) is 14.2 Å². The quantitative estimate of drug-likeness (QED) is 0.196. The van der Waals surface area contributed by atoms with Crippen LogP contribution < -0.4 is 0 Å². The van der Waals surface area contributed by atoms with Gasteiger partial charge in [0.05, 0.1) is 5.57 Å². The van der Waals surface area contributed by atoms with Gasteiger partial charge >= 0.3 is 17.9 Å². The Bertz CT molecular complexity index is 1230. The van der Waals surface area contributed by atoms with E-state index in [1.807, 2.05) is 6.08 Å². The molecule has 0 N–H and O–H groups in total. The molecule has 6 atom stereocenters. The Kier molecular flexibility index (Phi) is 9.50. The van der Waals surface area contributed by atoms with Crippen molar-refractivity contribution in [2.24, 2.45) is 28.6 Å². The highest BCUT2D eigenvalue weighted by Gasteiger charge is 2.60. The summed E-state index contributed by atoms with van der Waals surface area (Å²) in [6.45, 7) is 14.4. The van der Waals surface area contributed by atoms with Gasteiger partial charge in [-0.2, -0.15) is 0 Å². The van der Waals surface area contributed by atoms with Crippen LogP contribution >= 0.6 is 0 Å². The number of hydrogen-bond donors (Lipinski definition) is 0. The Balaban J connectivity index is 1.39. The maximum Gasteiger partial charge on any atom is 0.335 e. The van der Waals surface area contributed by atoms with Crippen LogP contribution in [0, 0.1) is 28.6 Å². The molecule has 4 aliphatic rings. The zero-order valence-electron chi connectivity index (χ0n) is 26.4. The topological polar surface area (TPSA) is 82.1 Å². The Labute approximate surface area is 257 Å². The molecule has 7 heteroatoms. The molecule has 234 valence electrons. The third-order valence-corrected chi connectivity index (χ3v) is 11.2. The molecule has 0 bridgehead atoms. The number of likely N-dealkylation sites (tertiary alicyclic amines) is 1. The van der Waals surface area contributed by atoms with Gasteiger partial charge in [-0.15, -0.1) is 0 Å². The number of benzene rings is 1. The highest BCUT2D eigenvalue weighted by Crippen LogP contribution is 2.63. The third-order valence-electron chi connectivity index (χ3n) is 11.2. The number of carbonyl (C=O) groups excluding carboxylic acids is 3. The van der Waals surface area contributed by atoms with E-state index in [-0.39, 0.29) is 53.9 Å². The lowest BCUT2D eigenvalue weighted by Gasteiger charge is -2.61. The van der Waals surface area contributed by atoms with E-state index in [0.29, 0.717) is 18.9 Å². The molecular formula is C36H49NO6. The van der Waals surface area contributed by atoms with Gasteiger partial charge in [-0.25, -0.2) is 4.79 Å². The van der Waals surface area contributed by atoms with Gasteiger partial charge in [-0.05, 0) is 99.3 Å². The van der Waals surface area contributed by atoms with Gasteiger partial charge in [-0.1, -0.05) is 56.3 Å². The van der Waals surface area contributed by atoms with Crippen LogP contribution in [0.4, 0.5) is 0 Å². The van der Waals surface area contributed by atoms with Crippen molar-refractivity contribution < 1.29 is 28.6 Å². The molecule has 0 radical (unpaired) electrons. The van der Waals surface area contributed by atoms with Crippen LogP contribution in [0.15, 0.2) is 54.1 Å². The first-order valence-corrected chi connectivity index (χ1v) is 16.1. The number of carbonyl (C=O) groups is 3. The molecule has 2 unspecified atom stereocenters. The Morgan fingerprint density at radius 3 is 2.42 bits per heavy atom. The van der Waals surface area contributed by atoms with Crippen molar-refractivity contribution in [3.63, 3.8) is 0 Å². The first kappa shape index (κ1) is 31.5. The predicted molar refractivity (Wildman–Crippen MR) is 165 cm³/mol. The zero-order chi connectivity index (χ0) is 30.8. The largest absolute Gasteiger partial charge is 0.465 e. The van der Waals surface area contributed by atoms with Crippen LogP contribution in [0.25, 0.3) is 0 Å². The second-order valence-electron chi connectivity index (χ2n) is 13.9. The minimum Gasteiger partial charge on any atom is -0.465 e. The molecule has 7 nitrogen and oxygen atoms in total. The number of ether oxygens (including phenoxy) is 3. The van der Waals surface area contributed by atoms with Crippen molar-refractivity contribution in [1.82, 2.24) is 4.90 Å². The summed E-state index contributed by atoms with van der Waals surface area (Å²) >= 11 is 0. The first-order valence-electron chi connectivity index (χ1n) is 16.1. The second kappa shape index (κ2) is 13.0. The monoisotopic (exact) mass is 591 g/mol.